The van der Waals surface area contributed by atoms with E-state index in [-0.39, 0.29) is 0 Å². The SMILES string of the molecule is S=c1[nH]nc(-c2ccc(Cl)cc2Cl)n1/N=C/c1ccccc1. The number of benzene rings is 2. The number of nitrogens with zero attached hydrogens (tertiary/aromatic N) is 3. The normalized spacial score (nSPS) is 11.2. The Bertz CT molecular complexity index is 884. The smallest absolute Gasteiger partial charge is 0.216 e. The molecule has 0 radical (unpaired) electrons. The van der Waals surface area contributed by atoms with Crippen LogP contribution in [-0.4, -0.2) is 21.1 Å². The van der Waals surface area contributed by atoms with Crippen molar-refractivity contribution >= 4 is 41.6 Å². The van der Waals surface area contributed by atoms with E-state index in [0.29, 0.717) is 26.2 Å². The second-order valence-corrected chi connectivity index (χ2v) is 5.67. The van der Waals surface area contributed by atoms with Crippen molar-refractivity contribution in [2.75, 3.05) is 0 Å². The molecule has 1 heterocycles. The molecule has 2 aromatic carbocycles. The minimum Gasteiger partial charge on any atom is -0.250 e. The molecule has 1 aromatic heterocycles. The van der Waals surface area contributed by atoms with Gasteiger partial charge in [0.1, 0.15) is 0 Å². The standard InChI is InChI=1S/C15H10Cl2N4S/c16-11-6-7-12(13(17)8-11)14-19-20-15(22)21(14)18-9-10-4-2-1-3-5-10/h1-9H,(H,20,22)/b18-9+. The van der Waals surface area contributed by atoms with Crippen molar-refractivity contribution < 1.29 is 0 Å². The Labute approximate surface area is 142 Å². The second-order valence-electron chi connectivity index (χ2n) is 4.44. The van der Waals surface area contributed by atoms with Crippen molar-refractivity contribution in [2.24, 2.45) is 5.10 Å². The second kappa shape index (κ2) is 6.44. The molecule has 0 spiro atoms. The van der Waals surface area contributed by atoms with E-state index in [1.165, 1.54) is 4.68 Å². The quantitative estimate of drug-likeness (QED) is 0.545. The van der Waals surface area contributed by atoms with E-state index >= 15 is 0 Å². The number of aromatic nitrogens is 3. The number of aromatic amines is 1. The van der Waals surface area contributed by atoms with Crippen LogP contribution in [0.25, 0.3) is 11.4 Å². The van der Waals surface area contributed by atoms with Gasteiger partial charge < -0.3 is 0 Å². The molecule has 0 saturated carbocycles. The third kappa shape index (κ3) is 3.11. The summed E-state index contributed by atoms with van der Waals surface area (Å²) in [5.74, 6) is 0.527. The molecule has 3 rings (SSSR count). The summed E-state index contributed by atoms with van der Waals surface area (Å²) in [6, 6.07) is 14.9. The zero-order valence-corrected chi connectivity index (χ0v) is 13.5. The summed E-state index contributed by atoms with van der Waals surface area (Å²) in [6.07, 6.45) is 1.71. The average Bonchev–Trinajstić information content (AvgIpc) is 2.87. The maximum absolute atomic E-state index is 6.22. The van der Waals surface area contributed by atoms with E-state index in [4.69, 9.17) is 35.4 Å². The van der Waals surface area contributed by atoms with Gasteiger partial charge in [0.2, 0.25) is 4.77 Å². The van der Waals surface area contributed by atoms with E-state index in [1.54, 1.807) is 24.4 Å². The van der Waals surface area contributed by atoms with Crippen LogP contribution in [0.2, 0.25) is 10.0 Å². The Morgan fingerprint density at radius 3 is 2.64 bits per heavy atom. The molecule has 0 atom stereocenters. The molecule has 0 saturated heterocycles. The molecule has 0 fully saturated rings. The molecule has 0 bridgehead atoms. The van der Waals surface area contributed by atoms with Gasteiger partial charge in [0.25, 0.3) is 0 Å². The lowest BCUT2D eigenvalue weighted by molar-refractivity contribution is 0.871. The van der Waals surface area contributed by atoms with Gasteiger partial charge in [-0.15, -0.1) is 0 Å². The number of halogens is 2. The minimum atomic E-state index is 0.383. The van der Waals surface area contributed by atoms with Gasteiger partial charge >= 0.3 is 0 Å². The lowest BCUT2D eigenvalue weighted by Crippen LogP contribution is -1.95. The highest BCUT2D eigenvalue weighted by molar-refractivity contribution is 7.71. The van der Waals surface area contributed by atoms with Gasteiger partial charge in [0.15, 0.2) is 5.82 Å². The van der Waals surface area contributed by atoms with Gasteiger partial charge in [-0.05, 0) is 36.0 Å². The van der Waals surface area contributed by atoms with Gasteiger partial charge in [-0.25, -0.2) is 5.10 Å². The maximum Gasteiger partial charge on any atom is 0.216 e. The van der Waals surface area contributed by atoms with Crippen molar-refractivity contribution in [3.8, 4) is 11.4 Å². The highest BCUT2D eigenvalue weighted by Crippen LogP contribution is 2.29. The van der Waals surface area contributed by atoms with Crippen LogP contribution in [0.1, 0.15) is 5.56 Å². The van der Waals surface area contributed by atoms with Crippen LogP contribution < -0.4 is 0 Å². The Hall–Kier alpha value is -1.95. The molecule has 3 aromatic rings. The van der Waals surface area contributed by atoms with E-state index in [1.807, 2.05) is 30.3 Å². The Balaban J connectivity index is 2.05. The predicted octanol–water partition coefficient (Wildman–Crippen LogP) is 4.80. The first-order valence-electron chi connectivity index (χ1n) is 6.37. The van der Waals surface area contributed by atoms with Crippen molar-refractivity contribution in [1.82, 2.24) is 14.9 Å². The number of rotatable bonds is 3. The first kappa shape index (κ1) is 15.0. The van der Waals surface area contributed by atoms with Crippen molar-refractivity contribution in [2.45, 2.75) is 0 Å². The van der Waals surface area contributed by atoms with Crippen LogP contribution in [0, 0.1) is 4.77 Å². The fourth-order valence-electron chi connectivity index (χ4n) is 1.91. The molecule has 0 aliphatic heterocycles. The van der Waals surface area contributed by atoms with E-state index in [2.05, 4.69) is 15.3 Å². The Morgan fingerprint density at radius 1 is 1.14 bits per heavy atom. The zero-order chi connectivity index (χ0) is 15.5. The Morgan fingerprint density at radius 2 is 1.91 bits per heavy atom. The summed E-state index contributed by atoms with van der Waals surface area (Å²) in [7, 11) is 0. The topological polar surface area (TPSA) is 46.0 Å². The zero-order valence-electron chi connectivity index (χ0n) is 11.2. The maximum atomic E-state index is 6.22. The van der Waals surface area contributed by atoms with Gasteiger partial charge in [-0.2, -0.15) is 14.9 Å². The van der Waals surface area contributed by atoms with E-state index in [0.717, 1.165) is 5.56 Å². The average molecular weight is 349 g/mol. The molecule has 0 amide bonds. The fraction of sp³-hybridized carbons (Fsp3) is 0. The fourth-order valence-corrected chi connectivity index (χ4v) is 2.58. The van der Waals surface area contributed by atoms with Gasteiger partial charge in [0.05, 0.1) is 11.2 Å². The van der Waals surface area contributed by atoms with Crippen LogP contribution >= 0.6 is 35.4 Å². The van der Waals surface area contributed by atoms with Crippen LogP contribution in [0.5, 0.6) is 0 Å². The lowest BCUT2D eigenvalue weighted by atomic mass is 10.2. The van der Waals surface area contributed by atoms with Gasteiger partial charge in [0, 0.05) is 10.6 Å². The number of hydrogen-bond acceptors (Lipinski definition) is 3. The van der Waals surface area contributed by atoms with Crippen LogP contribution in [0.15, 0.2) is 53.6 Å². The van der Waals surface area contributed by atoms with Crippen molar-refractivity contribution in [3.05, 3.63) is 68.9 Å². The molecule has 0 unspecified atom stereocenters. The summed E-state index contributed by atoms with van der Waals surface area (Å²) < 4.78 is 1.91. The molecule has 22 heavy (non-hydrogen) atoms. The first-order valence-corrected chi connectivity index (χ1v) is 7.54. The monoisotopic (exact) mass is 348 g/mol. The predicted molar refractivity (Wildman–Crippen MR) is 92.3 cm³/mol. The molecule has 0 aliphatic carbocycles. The summed E-state index contributed by atoms with van der Waals surface area (Å²) >= 11 is 17.4. The van der Waals surface area contributed by atoms with Gasteiger partial charge in [-0.3, -0.25) is 0 Å². The molecular formula is C15H10Cl2N4S. The van der Waals surface area contributed by atoms with Crippen molar-refractivity contribution in [1.29, 1.82) is 0 Å². The van der Waals surface area contributed by atoms with Crippen LogP contribution in [0.4, 0.5) is 0 Å². The highest BCUT2D eigenvalue weighted by atomic mass is 35.5. The summed E-state index contributed by atoms with van der Waals surface area (Å²) in [6.45, 7) is 0. The number of hydrogen-bond donors (Lipinski definition) is 1. The summed E-state index contributed by atoms with van der Waals surface area (Å²) in [5, 5.41) is 12.3. The Kier molecular flexibility index (Phi) is 4.38. The van der Waals surface area contributed by atoms with Crippen LogP contribution in [0.3, 0.4) is 0 Å². The third-order valence-electron chi connectivity index (χ3n) is 2.94. The molecule has 7 heteroatoms. The van der Waals surface area contributed by atoms with Crippen molar-refractivity contribution in [3.63, 3.8) is 0 Å². The largest absolute Gasteiger partial charge is 0.250 e. The van der Waals surface area contributed by atoms with E-state index in [9.17, 15) is 0 Å². The van der Waals surface area contributed by atoms with Crippen LogP contribution in [-0.2, 0) is 0 Å². The summed E-state index contributed by atoms with van der Waals surface area (Å²) in [5.41, 5.74) is 1.65. The third-order valence-corrected chi connectivity index (χ3v) is 3.76. The molecule has 110 valence electrons. The molecule has 0 aliphatic rings. The number of nitrogens with one attached hydrogen (secondary N) is 1. The minimum absolute atomic E-state index is 0.383. The summed E-state index contributed by atoms with van der Waals surface area (Å²) in [4.78, 5) is 0. The molecule has 1 N–H and O–H groups in total. The van der Waals surface area contributed by atoms with E-state index < -0.39 is 0 Å². The first-order chi connectivity index (χ1) is 10.6. The lowest BCUT2D eigenvalue weighted by Gasteiger charge is -2.03. The highest BCUT2D eigenvalue weighted by Gasteiger charge is 2.12. The van der Waals surface area contributed by atoms with Gasteiger partial charge in [-0.1, -0.05) is 53.5 Å². The number of H-pyrrole nitrogens is 1. The molecular weight excluding hydrogens is 339 g/mol. The molecule has 4 nitrogen and oxygen atoms in total.